The molecule has 0 atom stereocenters. The zero-order chi connectivity index (χ0) is 18.8. The third-order valence-electron chi connectivity index (χ3n) is 3.05. The van der Waals surface area contributed by atoms with Crippen LogP contribution in [0.25, 0.3) is 0 Å². The van der Waals surface area contributed by atoms with Gasteiger partial charge in [0.25, 0.3) is 20.0 Å². The van der Waals surface area contributed by atoms with Crippen molar-refractivity contribution in [1.82, 2.24) is 10.2 Å². The average molecular weight is 431 g/mol. The first-order valence-corrected chi connectivity index (χ1v) is 11.2. The molecule has 2 N–H and O–H groups in total. The number of aromatic nitrogens is 2. The standard InChI is InChI=1S/C14H11ClN4O4S3/c15-12-7-8-13(17-16-12)19-25(20,21)11-5-3-10(4-6-11)18-26(22,23)14-2-1-9-24-14/h1-9,18H,(H,17,19). The number of hydrogen-bond acceptors (Lipinski definition) is 7. The summed E-state index contributed by atoms with van der Waals surface area (Å²) in [4.78, 5) is -0.0617. The summed E-state index contributed by atoms with van der Waals surface area (Å²) in [5.74, 6) is 0.0110. The summed E-state index contributed by atoms with van der Waals surface area (Å²) < 4.78 is 53.8. The molecule has 136 valence electrons. The van der Waals surface area contributed by atoms with Crippen LogP contribution in [-0.4, -0.2) is 27.0 Å². The SMILES string of the molecule is O=S(=O)(Nc1ccc(Cl)nn1)c1ccc(NS(=O)(=O)c2cccs2)cc1. The Morgan fingerprint density at radius 1 is 0.846 bits per heavy atom. The highest BCUT2D eigenvalue weighted by atomic mass is 35.5. The van der Waals surface area contributed by atoms with Crippen LogP contribution in [0.15, 0.2) is 63.0 Å². The Hall–Kier alpha value is -2.21. The smallest absolute Gasteiger partial charge is 0.271 e. The van der Waals surface area contributed by atoms with Crippen molar-refractivity contribution in [3.63, 3.8) is 0 Å². The van der Waals surface area contributed by atoms with E-state index in [0.717, 1.165) is 11.3 Å². The molecule has 0 aliphatic rings. The monoisotopic (exact) mass is 430 g/mol. The molecule has 8 nitrogen and oxygen atoms in total. The van der Waals surface area contributed by atoms with E-state index < -0.39 is 20.0 Å². The zero-order valence-electron chi connectivity index (χ0n) is 12.8. The molecule has 12 heteroatoms. The fourth-order valence-corrected chi connectivity index (χ4v) is 5.04. The molecule has 0 aliphatic heterocycles. The van der Waals surface area contributed by atoms with E-state index in [4.69, 9.17) is 11.6 Å². The van der Waals surface area contributed by atoms with E-state index in [-0.39, 0.29) is 25.8 Å². The van der Waals surface area contributed by atoms with Gasteiger partial charge in [-0.05, 0) is 47.8 Å². The van der Waals surface area contributed by atoms with Crippen LogP contribution in [0.5, 0.6) is 0 Å². The molecular formula is C14H11ClN4O4S3. The second-order valence-electron chi connectivity index (χ2n) is 4.91. The van der Waals surface area contributed by atoms with Crippen molar-refractivity contribution in [2.45, 2.75) is 9.10 Å². The fourth-order valence-electron chi connectivity index (χ4n) is 1.89. The number of sulfonamides is 2. The van der Waals surface area contributed by atoms with Crippen LogP contribution in [0.3, 0.4) is 0 Å². The van der Waals surface area contributed by atoms with Crippen LogP contribution in [0.1, 0.15) is 0 Å². The van der Waals surface area contributed by atoms with Crippen molar-refractivity contribution in [2.24, 2.45) is 0 Å². The first-order chi connectivity index (χ1) is 12.3. The van der Waals surface area contributed by atoms with Crippen LogP contribution in [0.2, 0.25) is 5.15 Å². The number of halogens is 1. The Morgan fingerprint density at radius 2 is 1.58 bits per heavy atom. The minimum absolute atomic E-state index is 0.0110. The highest BCUT2D eigenvalue weighted by molar-refractivity contribution is 7.94. The van der Waals surface area contributed by atoms with Gasteiger partial charge in [-0.1, -0.05) is 17.7 Å². The number of nitrogens with zero attached hydrogens (tertiary/aromatic N) is 2. The predicted octanol–water partition coefficient (Wildman–Crippen LogP) is 2.79. The quantitative estimate of drug-likeness (QED) is 0.620. The van der Waals surface area contributed by atoms with Crippen molar-refractivity contribution in [2.75, 3.05) is 9.44 Å². The second kappa shape index (κ2) is 7.19. The maximum Gasteiger partial charge on any atom is 0.271 e. The molecule has 0 saturated carbocycles. The fraction of sp³-hybridized carbons (Fsp3) is 0. The van der Waals surface area contributed by atoms with Gasteiger partial charge >= 0.3 is 0 Å². The largest absolute Gasteiger partial charge is 0.279 e. The van der Waals surface area contributed by atoms with E-state index in [1.54, 1.807) is 11.4 Å². The molecule has 0 amide bonds. The Labute approximate surface area is 159 Å². The van der Waals surface area contributed by atoms with Crippen LogP contribution < -0.4 is 9.44 Å². The minimum atomic E-state index is -3.90. The van der Waals surface area contributed by atoms with E-state index in [1.807, 2.05) is 0 Å². The first kappa shape index (κ1) is 18.6. The number of thiophene rings is 1. The van der Waals surface area contributed by atoms with Crippen molar-refractivity contribution in [1.29, 1.82) is 0 Å². The molecule has 3 aromatic rings. The molecule has 3 rings (SSSR count). The number of benzene rings is 1. The molecule has 1 aromatic carbocycles. The lowest BCUT2D eigenvalue weighted by atomic mass is 10.3. The van der Waals surface area contributed by atoms with Gasteiger partial charge in [-0.2, -0.15) is 0 Å². The molecule has 0 aliphatic carbocycles. The highest BCUT2D eigenvalue weighted by Gasteiger charge is 2.18. The van der Waals surface area contributed by atoms with E-state index in [2.05, 4.69) is 19.6 Å². The van der Waals surface area contributed by atoms with Gasteiger partial charge in [0.2, 0.25) is 0 Å². The lowest BCUT2D eigenvalue weighted by Gasteiger charge is -2.09. The van der Waals surface area contributed by atoms with Crippen molar-refractivity contribution in [3.8, 4) is 0 Å². The molecule has 2 aromatic heterocycles. The number of nitrogens with one attached hydrogen (secondary N) is 2. The summed E-state index contributed by atoms with van der Waals surface area (Å²) in [5.41, 5.74) is 0.239. The van der Waals surface area contributed by atoms with E-state index in [0.29, 0.717) is 0 Å². The lowest BCUT2D eigenvalue weighted by Crippen LogP contribution is -2.15. The molecule has 0 fully saturated rings. The Kier molecular flexibility index (Phi) is 5.14. The van der Waals surface area contributed by atoms with Gasteiger partial charge < -0.3 is 0 Å². The molecule has 0 unspecified atom stereocenters. The van der Waals surface area contributed by atoms with Crippen LogP contribution >= 0.6 is 22.9 Å². The third kappa shape index (κ3) is 4.30. The van der Waals surface area contributed by atoms with Gasteiger partial charge in [0.15, 0.2) is 11.0 Å². The summed E-state index contributed by atoms with van der Waals surface area (Å²) in [6.45, 7) is 0. The Bertz CT molecular complexity index is 1100. The van der Waals surface area contributed by atoms with Gasteiger partial charge in [0, 0.05) is 5.69 Å². The number of hydrogen-bond donors (Lipinski definition) is 2. The highest BCUT2D eigenvalue weighted by Crippen LogP contribution is 2.22. The topological polar surface area (TPSA) is 118 Å². The van der Waals surface area contributed by atoms with Crippen molar-refractivity contribution >= 4 is 54.5 Å². The Balaban J connectivity index is 1.77. The molecule has 0 saturated heterocycles. The van der Waals surface area contributed by atoms with Crippen LogP contribution in [0.4, 0.5) is 11.5 Å². The molecule has 26 heavy (non-hydrogen) atoms. The number of rotatable bonds is 6. The normalized spacial score (nSPS) is 11.9. The van der Waals surface area contributed by atoms with Crippen LogP contribution in [0, 0.1) is 0 Å². The van der Waals surface area contributed by atoms with E-state index in [9.17, 15) is 16.8 Å². The minimum Gasteiger partial charge on any atom is -0.279 e. The summed E-state index contributed by atoms with van der Waals surface area (Å²) in [6.07, 6.45) is 0. The summed E-state index contributed by atoms with van der Waals surface area (Å²) in [6, 6.07) is 11.1. The molecule has 0 radical (unpaired) electrons. The maximum atomic E-state index is 12.3. The number of anilines is 2. The second-order valence-corrected chi connectivity index (χ2v) is 9.84. The molecule has 0 spiro atoms. The Morgan fingerprint density at radius 3 is 2.15 bits per heavy atom. The third-order valence-corrected chi connectivity index (χ3v) is 7.40. The van der Waals surface area contributed by atoms with Gasteiger partial charge in [-0.25, -0.2) is 16.8 Å². The molecule has 2 heterocycles. The van der Waals surface area contributed by atoms with E-state index >= 15 is 0 Å². The van der Waals surface area contributed by atoms with Gasteiger partial charge in [0.05, 0.1) is 4.90 Å². The van der Waals surface area contributed by atoms with Gasteiger partial charge in [-0.15, -0.1) is 21.5 Å². The summed E-state index contributed by atoms with van der Waals surface area (Å²) in [7, 11) is -7.60. The van der Waals surface area contributed by atoms with E-state index in [1.165, 1.54) is 42.5 Å². The predicted molar refractivity (Wildman–Crippen MR) is 99.4 cm³/mol. The maximum absolute atomic E-state index is 12.3. The summed E-state index contributed by atoms with van der Waals surface area (Å²) in [5, 5.41) is 8.95. The zero-order valence-corrected chi connectivity index (χ0v) is 16.0. The summed E-state index contributed by atoms with van der Waals surface area (Å²) >= 11 is 6.68. The van der Waals surface area contributed by atoms with Crippen molar-refractivity contribution in [3.05, 3.63) is 59.1 Å². The lowest BCUT2D eigenvalue weighted by molar-refractivity contribution is 0.600. The average Bonchev–Trinajstić information content (AvgIpc) is 3.12. The van der Waals surface area contributed by atoms with Gasteiger partial charge in [-0.3, -0.25) is 9.44 Å². The van der Waals surface area contributed by atoms with Crippen molar-refractivity contribution < 1.29 is 16.8 Å². The molecular weight excluding hydrogens is 420 g/mol. The first-order valence-electron chi connectivity index (χ1n) is 6.95. The van der Waals surface area contributed by atoms with Gasteiger partial charge in [0.1, 0.15) is 4.21 Å². The van der Waals surface area contributed by atoms with Crippen LogP contribution in [-0.2, 0) is 20.0 Å². The molecule has 0 bridgehead atoms.